The Hall–Kier alpha value is -0.150. The van der Waals surface area contributed by atoms with Crippen LogP contribution in [0.3, 0.4) is 0 Å². The molecule has 2 nitrogen and oxygen atoms in total. The van der Waals surface area contributed by atoms with E-state index in [1.807, 2.05) is 0 Å². The predicted octanol–water partition coefficient (Wildman–Crippen LogP) is 3.31. The van der Waals surface area contributed by atoms with Gasteiger partial charge in [-0.3, -0.25) is 4.39 Å². The third-order valence-corrected chi connectivity index (χ3v) is 2.79. The standard InChI is InChI=1S/C12H23FO2/c1-12(2,7-5-8-13)10-15-11-6-3-4-9-14-11/h11H,3-10H2,1-2H3. The lowest BCUT2D eigenvalue weighted by Gasteiger charge is -2.29. The maximum atomic E-state index is 12.1. The SMILES string of the molecule is CC(C)(CCCF)COC1CCCCO1. The average molecular weight is 218 g/mol. The van der Waals surface area contributed by atoms with Gasteiger partial charge in [-0.1, -0.05) is 13.8 Å². The Balaban J connectivity index is 2.15. The largest absolute Gasteiger partial charge is 0.353 e. The molecule has 0 aromatic heterocycles. The number of rotatable bonds is 6. The van der Waals surface area contributed by atoms with Crippen LogP contribution in [0.2, 0.25) is 0 Å². The third-order valence-electron chi connectivity index (χ3n) is 2.79. The number of hydrogen-bond acceptors (Lipinski definition) is 2. The second kappa shape index (κ2) is 6.44. The lowest BCUT2D eigenvalue weighted by Crippen LogP contribution is -2.28. The molecule has 1 rings (SSSR count). The molecule has 1 heterocycles. The summed E-state index contributed by atoms with van der Waals surface area (Å²) in [6, 6.07) is 0. The Morgan fingerprint density at radius 1 is 1.40 bits per heavy atom. The summed E-state index contributed by atoms with van der Waals surface area (Å²) in [6.45, 7) is 5.48. The minimum absolute atomic E-state index is 0.0246. The molecule has 3 heteroatoms. The first-order valence-corrected chi connectivity index (χ1v) is 5.93. The highest BCUT2D eigenvalue weighted by Crippen LogP contribution is 2.25. The van der Waals surface area contributed by atoms with E-state index in [2.05, 4.69) is 13.8 Å². The molecule has 0 bridgehead atoms. The molecule has 1 unspecified atom stereocenters. The van der Waals surface area contributed by atoms with Crippen LogP contribution in [-0.4, -0.2) is 26.2 Å². The highest BCUT2D eigenvalue weighted by molar-refractivity contribution is 4.68. The van der Waals surface area contributed by atoms with Crippen LogP contribution < -0.4 is 0 Å². The lowest BCUT2D eigenvalue weighted by molar-refractivity contribution is -0.176. The van der Waals surface area contributed by atoms with Gasteiger partial charge in [-0.2, -0.15) is 0 Å². The number of ether oxygens (including phenoxy) is 2. The van der Waals surface area contributed by atoms with Crippen LogP contribution in [0.4, 0.5) is 4.39 Å². The molecule has 1 saturated heterocycles. The van der Waals surface area contributed by atoms with E-state index in [1.54, 1.807) is 0 Å². The summed E-state index contributed by atoms with van der Waals surface area (Å²) in [5.74, 6) is 0. The van der Waals surface area contributed by atoms with Crippen LogP contribution >= 0.6 is 0 Å². The van der Waals surface area contributed by atoms with Gasteiger partial charge in [-0.25, -0.2) is 0 Å². The van der Waals surface area contributed by atoms with E-state index in [4.69, 9.17) is 9.47 Å². The van der Waals surface area contributed by atoms with Crippen molar-refractivity contribution in [3.63, 3.8) is 0 Å². The Morgan fingerprint density at radius 2 is 2.20 bits per heavy atom. The lowest BCUT2D eigenvalue weighted by atomic mass is 9.89. The van der Waals surface area contributed by atoms with Gasteiger partial charge in [-0.15, -0.1) is 0 Å². The Kier molecular flexibility index (Phi) is 5.54. The average Bonchev–Trinajstić information content (AvgIpc) is 2.25. The molecule has 90 valence electrons. The molecule has 15 heavy (non-hydrogen) atoms. The van der Waals surface area contributed by atoms with Gasteiger partial charge < -0.3 is 9.47 Å². The topological polar surface area (TPSA) is 18.5 Å². The van der Waals surface area contributed by atoms with Crippen LogP contribution in [0.25, 0.3) is 0 Å². The quantitative estimate of drug-likeness (QED) is 0.681. The van der Waals surface area contributed by atoms with Crippen LogP contribution in [0.15, 0.2) is 0 Å². The van der Waals surface area contributed by atoms with E-state index >= 15 is 0 Å². The molecule has 1 fully saturated rings. The molecule has 1 aliphatic heterocycles. The molecule has 0 radical (unpaired) electrons. The van der Waals surface area contributed by atoms with Crippen molar-refractivity contribution in [1.29, 1.82) is 0 Å². The van der Waals surface area contributed by atoms with Crippen LogP contribution in [0.1, 0.15) is 46.0 Å². The molecular weight excluding hydrogens is 195 g/mol. The van der Waals surface area contributed by atoms with E-state index in [9.17, 15) is 4.39 Å². The van der Waals surface area contributed by atoms with Gasteiger partial charge in [0.05, 0.1) is 13.3 Å². The van der Waals surface area contributed by atoms with Crippen molar-refractivity contribution in [3.8, 4) is 0 Å². The van der Waals surface area contributed by atoms with Crippen molar-refractivity contribution in [2.45, 2.75) is 52.2 Å². The zero-order chi connectivity index (χ0) is 11.1. The van der Waals surface area contributed by atoms with Crippen molar-refractivity contribution >= 4 is 0 Å². The molecule has 0 aromatic carbocycles. The van der Waals surface area contributed by atoms with E-state index in [-0.39, 0.29) is 18.4 Å². The fourth-order valence-electron chi connectivity index (χ4n) is 1.78. The van der Waals surface area contributed by atoms with Crippen LogP contribution in [0, 0.1) is 5.41 Å². The predicted molar refractivity (Wildman–Crippen MR) is 58.5 cm³/mol. The molecule has 0 aromatic rings. The molecule has 0 spiro atoms. The zero-order valence-electron chi connectivity index (χ0n) is 9.93. The number of alkyl halides is 1. The van der Waals surface area contributed by atoms with E-state index in [0.29, 0.717) is 13.0 Å². The first-order chi connectivity index (χ1) is 7.14. The monoisotopic (exact) mass is 218 g/mol. The first-order valence-electron chi connectivity index (χ1n) is 5.93. The number of hydrogen-bond donors (Lipinski definition) is 0. The van der Waals surface area contributed by atoms with E-state index < -0.39 is 0 Å². The molecule has 0 saturated carbocycles. The fraction of sp³-hybridized carbons (Fsp3) is 1.00. The Bertz CT molecular complexity index is 165. The van der Waals surface area contributed by atoms with Gasteiger partial charge in [0, 0.05) is 6.61 Å². The molecule has 0 amide bonds. The minimum Gasteiger partial charge on any atom is -0.353 e. The molecule has 0 N–H and O–H groups in total. The van der Waals surface area contributed by atoms with Crippen molar-refractivity contribution in [2.75, 3.05) is 19.9 Å². The Labute approximate surface area is 92.1 Å². The van der Waals surface area contributed by atoms with Crippen molar-refractivity contribution in [1.82, 2.24) is 0 Å². The summed E-state index contributed by atoms with van der Waals surface area (Å²) < 4.78 is 23.2. The molecular formula is C12H23FO2. The minimum atomic E-state index is -0.233. The fourth-order valence-corrected chi connectivity index (χ4v) is 1.78. The molecule has 1 atom stereocenters. The summed E-state index contributed by atoms with van der Waals surface area (Å²) >= 11 is 0. The summed E-state index contributed by atoms with van der Waals surface area (Å²) in [6.07, 6.45) is 4.81. The normalized spacial score (nSPS) is 23.0. The summed E-state index contributed by atoms with van der Waals surface area (Å²) in [5, 5.41) is 0. The van der Waals surface area contributed by atoms with Crippen molar-refractivity contribution in [3.05, 3.63) is 0 Å². The summed E-state index contributed by atoms with van der Waals surface area (Å²) in [4.78, 5) is 0. The maximum Gasteiger partial charge on any atom is 0.157 e. The van der Waals surface area contributed by atoms with Crippen molar-refractivity contribution < 1.29 is 13.9 Å². The second-order valence-electron chi connectivity index (χ2n) is 5.06. The smallest absolute Gasteiger partial charge is 0.157 e. The highest BCUT2D eigenvalue weighted by atomic mass is 19.1. The maximum absolute atomic E-state index is 12.1. The van der Waals surface area contributed by atoms with E-state index in [1.165, 1.54) is 6.42 Å². The molecule has 1 aliphatic rings. The van der Waals surface area contributed by atoms with Gasteiger partial charge in [-0.05, 0) is 37.5 Å². The van der Waals surface area contributed by atoms with Gasteiger partial charge in [0.25, 0.3) is 0 Å². The van der Waals surface area contributed by atoms with Gasteiger partial charge in [0.15, 0.2) is 6.29 Å². The van der Waals surface area contributed by atoms with E-state index in [0.717, 1.165) is 25.9 Å². The van der Waals surface area contributed by atoms with Crippen molar-refractivity contribution in [2.24, 2.45) is 5.41 Å². The third kappa shape index (κ3) is 5.47. The van der Waals surface area contributed by atoms with Crippen LogP contribution in [-0.2, 0) is 9.47 Å². The number of halogens is 1. The highest BCUT2D eigenvalue weighted by Gasteiger charge is 2.21. The van der Waals surface area contributed by atoms with Crippen LogP contribution in [0.5, 0.6) is 0 Å². The molecule has 0 aliphatic carbocycles. The second-order valence-corrected chi connectivity index (χ2v) is 5.06. The summed E-state index contributed by atoms with van der Waals surface area (Å²) in [5.41, 5.74) is 0.0624. The van der Waals surface area contributed by atoms with Gasteiger partial charge in [0.2, 0.25) is 0 Å². The Morgan fingerprint density at radius 3 is 2.80 bits per heavy atom. The zero-order valence-corrected chi connectivity index (χ0v) is 9.93. The first kappa shape index (κ1) is 12.9. The van der Waals surface area contributed by atoms with Gasteiger partial charge in [0.1, 0.15) is 0 Å². The van der Waals surface area contributed by atoms with Gasteiger partial charge >= 0.3 is 0 Å². The summed E-state index contributed by atoms with van der Waals surface area (Å²) in [7, 11) is 0.